The Hall–Kier alpha value is -3.15. The van der Waals surface area contributed by atoms with E-state index in [2.05, 4.69) is 51.5 Å². The molecule has 0 atom stereocenters. The molecule has 0 saturated heterocycles. The van der Waals surface area contributed by atoms with Gasteiger partial charge in [-0.25, -0.2) is 4.98 Å². The molecule has 0 radical (unpaired) electrons. The molecule has 3 aromatic rings. The standard InChI is InChI=1S/C19H21N5O/c1-13(2)4-3-5-18-17(11-22-24-18)15-7-9-21-19-16(15)10-14(23-19)6-8-20-12-25/h3-5,7,9-12H,6,8H2,1-2H3,(H,20,25)(H,21,23)(H,22,24)/b5-3-. The molecule has 1 amide bonds. The molecule has 0 spiro atoms. The summed E-state index contributed by atoms with van der Waals surface area (Å²) in [6.45, 7) is 4.71. The first-order chi connectivity index (χ1) is 12.2. The number of rotatable bonds is 7. The van der Waals surface area contributed by atoms with E-state index in [0.717, 1.165) is 40.0 Å². The lowest BCUT2D eigenvalue weighted by atomic mass is 10.0. The SMILES string of the molecule is CC(C)=C/C=C\c1[nH]ncc1-c1ccnc2[nH]c(CCNC=O)cc12. The molecule has 3 heterocycles. The van der Waals surface area contributed by atoms with Gasteiger partial charge in [-0.2, -0.15) is 5.10 Å². The molecular weight excluding hydrogens is 314 g/mol. The molecule has 3 N–H and O–H groups in total. The highest BCUT2D eigenvalue weighted by molar-refractivity contribution is 5.95. The molecule has 3 rings (SSSR count). The average molecular weight is 335 g/mol. The minimum Gasteiger partial charge on any atom is -0.358 e. The van der Waals surface area contributed by atoms with Crippen molar-refractivity contribution in [3.05, 3.63) is 53.6 Å². The van der Waals surface area contributed by atoms with Crippen LogP contribution in [0.2, 0.25) is 0 Å². The van der Waals surface area contributed by atoms with Crippen LogP contribution in [-0.4, -0.2) is 33.1 Å². The van der Waals surface area contributed by atoms with Gasteiger partial charge in [0.15, 0.2) is 0 Å². The van der Waals surface area contributed by atoms with Crippen molar-refractivity contribution in [3.63, 3.8) is 0 Å². The van der Waals surface area contributed by atoms with Crippen LogP contribution in [-0.2, 0) is 11.2 Å². The fourth-order valence-corrected chi connectivity index (χ4v) is 2.69. The lowest BCUT2D eigenvalue weighted by Crippen LogP contribution is -2.14. The molecule has 0 aliphatic carbocycles. The molecule has 0 aromatic carbocycles. The van der Waals surface area contributed by atoms with Crippen LogP contribution in [0.25, 0.3) is 28.2 Å². The van der Waals surface area contributed by atoms with E-state index >= 15 is 0 Å². The fraction of sp³-hybridized carbons (Fsp3) is 0.211. The molecule has 0 saturated carbocycles. The number of carbonyl (C=O) groups is 1. The average Bonchev–Trinajstić information content (AvgIpc) is 3.20. The predicted molar refractivity (Wildman–Crippen MR) is 99.9 cm³/mol. The van der Waals surface area contributed by atoms with E-state index in [4.69, 9.17) is 0 Å². The van der Waals surface area contributed by atoms with Gasteiger partial charge in [-0.1, -0.05) is 17.7 Å². The predicted octanol–water partition coefficient (Wildman–Crippen LogP) is 3.22. The molecule has 0 fully saturated rings. The van der Waals surface area contributed by atoms with E-state index in [0.29, 0.717) is 13.0 Å². The van der Waals surface area contributed by atoms with E-state index in [-0.39, 0.29) is 0 Å². The maximum Gasteiger partial charge on any atom is 0.207 e. The number of pyridine rings is 1. The lowest BCUT2D eigenvalue weighted by Gasteiger charge is -2.01. The maximum absolute atomic E-state index is 10.4. The summed E-state index contributed by atoms with van der Waals surface area (Å²) in [4.78, 5) is 18.1. The molecule has 0 aliphatic heterocycles. The van der Waals surface area contributed by atoms with Crippen LogP contribution in [0, 0.1) is 0 Å². The summed E-state index contributed by atoms with van der Waals surface area (Å²) < 4.78 is 0. The normalized spacial score (nSPS) is 11.1. The quantitative estimate of drug-likeness (QED) is 0.352. The summed E-state index contributed by atoms with van der Waals surface area (Å²) in [6, 6.07) is 4.08. The Morgan fingerprint density at radius 3 is 3.00 bits per heavy atom. The molecule has 0 aliphatic rings. The van der Waals surface area contributed by atoms with Crippen LogP contribution >= 0.6 is 0 Å². The van der Waals surface area contributed by atoms with E-state index in [1.165, 1.54) is 5.57 Å². The Morgan fingerprint density at radius 2 is 2.20 bits per heavy atom. The summed E-state index contributed by atoms with van der Waals surface area (Å²) in [5, 5.41) is 11.0. The van der Waals surface area contributed by atoms with Crippen LogP contribution in [0.1, 0.15) is 25.2 Å². The molecule has 3 aromatic heterocycles. The number of hydrogen-bond donors (Lipinski definition) is 3. The summed E-state index contributed by atoms with van der Waals surface area (Å²) >= 11 is 0. The molecule has 25 heavy (non-hydrogen) atoms. The van der Waals surface area contributed by atoms with Crippen molar-refractivity contribution in [1.82, 2.24) is 25.5 Å². The minimum atomic E-state index is 0.591. The third-order valence-corrected chi connectivity index (χ3v) is 3.86. The first-order valence-electron chi connectivity index (χ1n) is 8.18. The van der Waals surface area contributed by atoms with Crippen LogP contribution in [0.4, 0.5) is 0 Å². The highest BCUT2D eigenvalue weighted by Gasteiger charge is 2.12. The fourth-order valence-electron chi connectivity index (χ4n) is 2.69. The van der Waals surface area contributed by atoms with Gasteiger partial charge in [-0.15, -0.1) is 0 Å². The second kappa shape index (κ2) is 7.61. The van der Waals surface area contributed by atoms with Gasteiger partial charge in [0.25, 0.3) is 0 Å². The van der Waals surface area contributed by atoms with Crippen molar-refractivity contribution in [2.24, 2.45) is 0 Å². The zero-order chi connectivity index (χ0) is 17.6. The third kappa shape index (κ3) is 3.85. The van der Waals surface area contributed by atoms with Gasteiger partial charge in [-0.3, -0.25) is 9.89 Å². The smallest absolute Gasteiger partial charge is 0.207 e. The van der Waals surface area contributed by atoms with E-state index in [1.807, 2.05) is 24.4 Å². The summed E-state index contributed by atoms with van der Waals surface area (Å²) in [7, 11) is 0. The lowest BCUT2D eigenvalue weighted by molar-refractivity contribution is -0.109. The van der Waals surface area contributed by atoms with Gasteiger partial charge in [0.1, 0.15) is 5.65 Å². The Labute approximate surface area is 146 Å². The Morgan fingerprint density at radius 1 is 1.32 bits per heavy atom. The van der Waals surface area contributed by atoms with Crippen LogP contribution in [0.3, 0.4) is 0 Å². The molecule has 0 unspecified atom stereocenters. The largest absolute Gasteiger partial charge is 0.358 e. The summed E-state index contributed by atoms with van der Waals surface area (Å²) in [6.07, 6.45) is 11.1. The number of aromatic amines is 2. The highest BCUT2D eigenvalue weighted by Crippen LogP contribution is 2.30. The van der Waals surface area contributed by atoms with Crippen molar-refractivity contribution in [2.45, 2.75) is 20.3 Å². The second-order valence-corrected chi connectivity index (χ2v) is 6.04. The zero-order valence-corrected chi connectivity index (χ0v) is 14.3. The minimum absolute atomic E-state index is 0.591. The first-order valence-corrected chi connectivity index (χ1v) is 8.18. The Bertz CT molecular complexity index is 928. The van der Waals surface area contributed by atoms with Crippen molar-refractivity contribution < 1.29 is 4.79 Å². The number of carbonyl (C=O) groups excluding carboxylic acids is 1. The van der Waals surface area contributed by atoms with Gasteiger partial charge in [0.2, 0.25) is 6.41 Å². The number of allylic oxidation sites excluding steroid dienone is 3. The summed E-state index contributed by atoms with van der Waals surface area (Å²) in [5.41, 5.74) is 6.16. The number of hydrogen-bond acceptors (Lipinski definition) is 3. The molecule has 0 bridgehead atoms. The van der Waals surface area contributed by atoms with Gasteiger partial charge in [0.05, 0.1) is 11.9 Å². The Kier molecular flexibility index (Phi) is 5.09. The number of aromatic nitrogens is 4. The third-order valence-electron chi connectivity index (χ3n) is 3.86. The number of H-pyrrole nitrogens is 2. The number of amides is 1. The maximum atomic E-state index is 10.4. The van der Waals surface area contributed by atoms with Crippen molar-refractivity contribution >= 4 is 23.5 Å². The van der Waals surface area contributed by atoms with Gasteiger partial charge in [-0.05, 0) is 37.6 Å². The van der Waals surface area contributed by atoms with Gasteiger partial charge < -0.3 is 10.3 Å². The molecule has 6 heteroatoms. The van der Waals surface area contributed by atoms with E-state index in [1.54, 1.807) is 6.20 Å². The molecule has 128 valence electrons. The molecule has 6 nitrogen and oxygen atoms in total. The number of fused-ring (bicyclic) bond motifs is 1. The number of nitrogens with one attached hydrogen (secondary N) is 3. The molecular formula is C19H21N5O. The van der Waals surface area contributed by atoms with E-state index < -0.39 is 0 Å². The van der Waals surface area contributed by atoms with Crippen LogP contribution in [0.5, 0.6) is 0 Å². The highest BCUT2D eigenvalue weighted by atomic mass is 16.1. The number of nitrogens with zero attached hydrogens (tertiary/aromatic N) is 2. The van der Waals surface area contributed by atoms with Gasteiger partial charge >= 0.3 is 0 Å². The topological polar surface area (TPSA) is 86.5 Å². The Balaban J connectivity index is 1.96. The van der Waals surface area contributed by atoms with Crippen LogP contribution < -0.4 is 5.32 Å². The second-order valence-electron chi connectivity index (χ2n) is 6.04. The van der Waals surface area contributed by atoms with E-state index in [9.17, 15) is 4.79 Å². The summed E-state index contributed by atoms with van der Waals surface area (Å²) in [5.74, 6) is 0. The van der Waals surface area contributed by atoms with Crippen LogP contribution in [0.15, 0.2) is 42.3 Å². The monoisotopic (exact) mass is 335 g/mol. The van der Waals surface area contributed by atoms with Crippen molar-refractivity contribution in [1.29, 1.82) is 0 Å². The van der Waals surface area contributed by atoms with Crippen molar-refractivity contribution in [2.75, 3.05) is 6.54 Å². The zero-order valence-electron chi connectivity index (χ0n) is 14.3. The van der Waals surface area contributed by atoms with Crippen molar-refractivity contribution in [3.8, 4) is 11.1 Å². The van der Waals surface area contributed by atoms with Gasteiger partial charge in [0, 0.05) is 35.8 Å². The first kappa shape index (κ1) is 16.7.